The van der Waals surface area contributed by atoms with Crippen LogP contribution in [0.15, 0.2) is 30.3 Å². The summed E-state index contributed by atoms with van der Waals surface area (Å²) in [5.74, 6) is -2.88. The molecule has 0 N–H and O–H groups in total. The van der Waals surface area contributed by atoms with Crippen molar-refractivity contribution in [2.24, 2.45) is 0 Å². The SMILES string of the molecule is CCOC(=O)c1cc2nnc(C(F)(F)F)n2nc1-c1ccc(OC(F)(F)F)cc1. The van der Waals surface area contributed by atoms with Gasteiger partial charge in [-0.15, -0.1) is 23.4 Å². The lowest BCUT2D eigenvalue weighted by atomic mass is 10.1. The van der Waals surface area contributed by atoms with Crippen molar-refractivity contribution in [1.29, 1.82) is 0 Å². The minimum Gasteiger partial charge on any atom is -0.462 e. The maximum Gasteiger partial charge on any atom is 0.573 e. The average molecular weight is 420 g/mol. The maximum absolute atomic E-state index is 13.1. The van der Waals surface area contributed by atoms with E-state index in [0.717, 1.165) is 30.3 Å². The Bertz CT molecular complexity index is 1040. The van der Waals surface area contributed by atoms with Crippen molar-refractivity contribution >= 4 is 11.6 Å². The van der Waals surface area contributed by atoms with Crippen molar-refractivity contribution in [3.63, 3.8) is 0 Å². The standard InChI is InChI=1S/C16H10F6N4O3/c1-2-28-13(27)10-7-11-23-24-14(15(17,18)19)26(11)25-12(10)8-3-5-9(6-4-8)29-16(20,21)22/h3-7H,2H2,1H3. The lowest BCUT2D eigenvalue weighted by molar-refractivity contribution is -0.274. The monoisotopic (exact) mass is 420 g/mol. The molecule has 154 valence electrons. The van der Waals surface area contributed by atoms with Gasteiger partial charge < -0.3 is 9.47 Å². The molecule has 29 heavy (non-hydrogen) atoms. The number of nitrogens with zero attached hydrogens (tertiary/aromatic N) is 4. The van der Waals surface area contributed by atoms with Crippen LogP contribution in [0.25, 0.3) is 16.9 Å². The van der Waals surface area contributed by atoms with Crippen LogP contribution in [0.5, 0.6) is 5.75 Å². The van der Waals surface area contributed by atoms with Gasteiger partial charge in [-0.2, -0.15) is 22.8 Å². The summed E-state index contributed by atoms with van der Waals surface area (Å²) in [6.45, 7) is 1.49. The Hall–Kier alpha value is -3.38. The third-order valence-electron chi connectivity index (χ3n) is 3.50. The van der Waals surface area contributed by atoms with Crippen molar-refractivity contribution < 1.29 is 40.6 Å². The fourth-order valence-corrected chi connectivity index (χ4v) is 2.40. The number of benzene rings is 1. The molecule has 0 saturated heterocycles. The van der Waals surface area contributed by atoms with Gasteiger partial charge >= 0.3 is 18.5 Å². The molecule has 0 spiro atoms. The molecular formula is C16H10F6N4O3. The second-order valence-electron chi connectivity index (χ2n) is 5.49. The van der Waals surface area contributed by atoms with Gasteiger partial charge in [-0.25, -0.2) is 4.79 Å². The molecular weight excluding hydrogens is 410 g/mol. The molecule has 3 rings (SSSR count). The number of halogens is 6. The van der Waals surface area contributed by atoms with E-state index in [1.165, 1.54) is 6.92 Å². The fourth-order valence-electron chi connectivity index (χ4n) is 2.40. The van der Waals surface area contributed by atoms with E-state index in [4.69, 9.17) is 4.74 Å². The number of esters is 1. The first-order chi connectivity index (χ1) is 13.5. The zero-order valence-electron chi connectivity index (χ0n) is 14.4. The maximum atomic E-state index is 13.1. The lowest BCUT2D eigenvalue weighted by Gasteiger charge is -2.12. The number of ether oxygens (including phenoxy) is 2. The van der Waals surface area contributed by atoms with Gasteiger partial charge in [0.25, 0.3) is 5.82 Å². The van der Waals surface area contributed by atoms with Gasteiger partial charge in [-0.1, -0.05) is 0 Å². The highest BCUT2D eigenvalue weighted by atomic mass is 19.4. The highest BCUT2D eigenvalue weighted by Gasteiger charge is 2.38. The third kappa shape index (κ3) is 4.38. The van der Waals surface area contributed by atoms with Crippen molar-refractivity contribution in [2.75, 3.05) is 6.61 Å². The second kappa shape index (κ2) is 7.22. The molecule has 0 bridgehead atoms. The van der Waals surface area contributed by atoms with Crippen LogP contribution >= 0.6 is 0 Å². The van der Waals surface area contributed by atoms with Crippen LogP contribution in [0.4, 0.5) is 26.3 Å². The number of rotatable bonds is 4. The summed E-state index contributed by atoms with van der Waals surface area (Å²) in [4.78, 5) is 12.2. The molecule has 1 aromatic carbocycles. The van der Waals surface area contributed by atoms with E-state index in [0.29, 0.717) is 4.52 Å². The van der Waals surface area contributed by atoms with Gasteiger partial charge in [0.15, 0.2) is 5.65 Å². The molecule has 0 aliphatic heterocycles. The first-order valence-electron chi connectivity index (χ1n) is 7.86. The van der Waals surface area contributed by atoms with Crippen LogP contribution in [0.2, 0.25) is 0 Å². The Morgan fingerprint density at radius 2 is 1.72 bits per heavy atom. The lowest BCUT2D eigenvalue weighted by Crippen LogP contribution is -2.17. The molecule has 2 aromatic heterocycles. The zero-order chi connectivity index (χ0) is 21.4. The van der Waals surface area contributed by atoms with Crippen LogP contribution in [0.3, 0.4) is 0 Å². The van der Waals surface area contributed by atoms with Crippen LogP contribution < -0.4 is 4.74 Å². The highest BCUT2D eigenvalue weighted by molar-refractivity contribution is 5.97. The topological polar surface area (TPSA) is 78.6 Å². The van der Waals surface area contributed by atoms with E-state index in [-0.39, 0.29) is 29.1 Å². The third-order valence-corrected chi connectivity index (χ3v) is 3.50. The van der Waals surface area contributed by atoms with Gasteiger partial charge in [-0.05, 0) is 31.2 Å². The molecule has 3 aromatic rings. The summed E-state index contributed by atoms with van der Waals surface area (Å²) in [5.41, 5.74) is -0.808. The molecule has 0 amide bonds. The number of hydrogen-bond donors (Lipinski definition) is 0. The average Bonchev–Trinajstić information content (AvgIpc) is 3.03. The quantitative estimate of drug-likeness (QED) is 0.471. The molecule has 2 heterocycles. The van der Waals surface area contributed by atoms with Crippen molar-refractivity contribution in [3.05, 3.63) is 41.7 Å². The van der Waals surface area contributed by atoms with Crippen molar-refractivity contribution in [1.82, 2.24) is 19.8 Å². The molecule has 0 unspecified atom stereocenters. The summed E-state index contributed by atoms with van der Waals surface area (Å²) >= 11 is 0. The van der Waals surface area contributed by atoms with E-state index in [1.54, 1.807) is 0 Å². The summed E-state index contributed by atoms with van der Waals surface area (Å²) in [5, 5.41) is 10.2. The summed E-state index contributed by atoms with van der Waals surface area (Å²) in [6.07, 6.45) is -9.79. The predicted molar refractivity (Wildman–Crippen MR) is 83.9 cm³/mol. The molecule has 7 nitrogen and oxygen atoms in total. The summed E-state index contributed by atoms with van der Waals surface area (Å²) in [7, 11) is 0. The first kappa shape index (κ1) is 20.4. The van der Waals surface area contributed by atoms with Crippen LogP contribution in [0, 0.1) is 0 Å². The molecule has 0 fully saturated rings. The summed E-state index contributed by atoms with van der Waals surface area (Å²) < 4.78 is 85.2. The van der Waals surface area contributed by atoms with E-state index in [1.807, 2.05) is 0 Å². The molecule has 0 aliphatic carbocycles. The molecule has 0 radical (unpaired) electrons. The number of aromatic nitrogens is 4. The van der Waals surface area contributed by atoms with Crippen molar-refractivity contribution in [2.45, 2.75) is 19.5 Å². The number of hydrogen-bond acceptors (Lipinski definition) is 6. The van der Waals surface area contributed by atoms with Gasteiger partial charge in [-0.3, -0.25) is 0 Å². The number of carbonyl (C=O) groups excluding carboxylic acids is 1. The Labute approximate surface area is 157 Å². The van der Waals surface area contributed by atoms with Gasteiger partial charge in [0.1, 0.15) is 11.4 Å². The van der Waals surface area contributed by atoms with Gasteiger partial charge in [0.2, 0.25) is 0 Å². The van der Waals surface area contributed by atoms with E-state index in [9.17, 15) is 31.1 Å². The Morgan fingerprint density at radius 1 is 1.07 bits per heavy atom. The second-order valence-corrected chi connectivity index (χ2v) is 5.49. The van der Waals surface area contributed by atoms with Crippen molar-refractivity contribution in [3.8, 4) is 17.0 Å². The Morgan fingerprint density at radius 3 is 2.28 bits per heavy atom. The Balaban J connectivity index is 2.15. The van der Waals surface area contributed by atoms with E-state index in [2.05, 4.69) is 20.0 Å². The molecule has 0 atom stereocenters. The number of carbonyl (C=O) groups is 1. The minimum absolute atomic E-state index is 0.0255. The molecule has 0 aliphatic rings. The largest absolute Gasteiger partial charge is 0.573 e. The van der Waals surface area contributed by atoms with E-state index >= 15 is 0 Å². The first-order valence-corrected chi connectivity index (χ1v) is 7.86. The summed E-state index contributed by atoms with van der Waals surface area (Å²) in [6, 6.07) is 5.08. The van der Waals surface area contributed by atoms with Crippen LogP contribution in [-0.2, 0) is 10.9 Å². The normalized spacial score (nSPS) is 12.2. The van der Waals surface area contributed by atoms with E-state index < -0.39 is 30.1 Å². The molecule has 0 saturated carbocycles. The number of alkyl halides is 6. The molecule has 13 heteroatoms. The van der Waals surface area contributed by atoms with Gasteiger partial charge in [0.05, 0.1) is 12.2 Å². The predicted octanol–water partition coefficient (Wildman–Crippen LogP) is 3.89. The fraction of sp³-hybridized carbons (Fsp3) is 0.250. The zero-order valence-corrected chi connectivity index (χ0v) is 14.4. The highest BCUT2D eigenvalue weighted by Crippen LogP contribution is 2.31. The van der Waals surface area contributed by atoms with Crippen LogP contribution in [0.1, 0.15) is 23.1 Å². The smallest absolute Gasteiger partial charge is 0.462 e. The van der Waals surface area contributed by atoms with Gasteiger partial charge in [0, 0.05) is 11.6 Å². The van der Waals surface area contributed by atoms with Crippen LogP contribution in [-0.4, -0.2) is 38.7 Å². The minimum atomic E-state index is -4.92. The Kier molecular flexibility index (Phi) is 5.07. The number of fused-ring (bicyclic) bond motifs is 1.